The molecule has 0 spiro atoms. The summed E-state index contributed by atoms with van der Waals surface area (Å²) >= 11 is 9.77. The van der Waals surface area contributed by atoms with E-state index in [4.69, 9.17) is 22.4 Å². The second-order valence-corrected chi connectivity index (χ2v) is 3.65. The molecule has 1 aromatic carbocycles. The maximum atomic E-state index is 10.8. The molecule has 1 rings (SSSR count). The Morgan fingerprint density at radius 1 is 1.60 bits per heavy atom. The minimum atomic E-state index is -1.09. The van der Waals surface area contributed by atoms with Gasteiger partial charge in [0.2, 0.25) is 0 Å². The van der Waals surface area contributed by atoms with Crippen molar-refractivity contribution in [3.05, 3.63) is 34.4 Å². The minimum Gasteiger partial charge on any atom is -0.478 e. The van der Waals surface area contributed by atoms with Gasteiger partial charge in [0.1, 0.15) is 0 Å². The third-order valence-corrected chi connectivity index (χ3v) is 2.24. The van der Waals surface area contributed by atoms with Crippen LogP contribution in [0.25, 0.3) is 6.08 Å². The number of hydrogen-bond acceptors (Lipinski definition) is 3. The summed E-state index contributed by atoms with van der Waals surface area (Å²) in [7, 11) is 0. The van der Waals surface area contributed by atoms with E-state index < -0.39 is 5.97 Å². The molecule has 1 aromatic rings. The van der Waals surface area contributed by atoms with E-state index in [0.29, 0.717) is 16.3 Å². The molecule has 0 radical (unpaired) electrons. The molecule has 3 N–H and O–H groups in total. The molecular weight excluding hydrogens is 234 g/mol. The monoisotopic (exact) mass is 243 g/mol. The van der Waals surface area contributed by atoms with Crippen LogP contribution in [0.1, 0.15) is 15.9 Å². The Kier molecular flexibility index (Phi) is 4.05. The predicted molar refractivity (Wildman–Crippen MR) is 65.7 cm³/mol. The summed E-state index contributed by atoms with van der Waals surface area (Å²) in [5, 5.41) is 9.21. The van der Waals surface area contributed by atoms with Gasteiger partial charge in [-0.15, -0.1) is 0 Å². The number of anilines is 1. The van der Waals surface area contributed by atoms with Gasteiger partial charge in [-0.1, -0.05) is 23.8 Å². The number of hydrogen-bond donors (Lipinski definition) is 3. The predicted octanol–water partition coefficient (Wildman–Crippen LogP) is 2.56. The number of nitrogens with two attached hydrogens (primary N) is 1. The molecule has 0 atom stereocenters. The molecule has 0 unspecified atom stereocenters. The molecule has 5 heteroatoms. The van der Waals surface area contributed by atoms with Crippen molar-refractivity contribution in [3.63, 3.8) is 0 Å². The Hall–Kier alpha value is -1.13. The first-order valence-corrected chi connectivity index (χ1v) is 5.17. The molecule has 0 aliphatic carbocycles. The summed E-state index contributed by atoms with van der Waals surface area (Å²) in [6.45, 7) is 0. The smallest absolute Gasteiger partial charge is 0.337 e. The summed E-state index contributed by atoms with van der Waals surface area (Å²) in [5.74, 6) is -0.538. The van der Waals surface area contributed by atoms with Crippen LogP contribution in [0.15, 0.2) is 18.2 Å². The van der Waals surface area contributed by atoms with Gasteiger partial charge in [0.05, 0.1) is 11.3 Å². The number of carbonyl (C=O) groups is 1. The fourth-order valence-electron chi connectivity index (χ4n) is 1.13. The average molecular weight is 244 g/mol. The topological polar surface area (TPSA) is 63.3 Å². The van der Waals surface area contributed by atoms with Crippen LogP contribution in [-0.2, 0) is 0 Å². The van der Waals surface area contributed by atoms with E-state index in [1.807, 2.05) is 0 Å². The number of nitrogen functional groups attached to an aromatic ring is 1. The lowest BCUT2D eigenvalue weighted by atomic mass is 10.1. The second-order valence-electron chi connectivity index (χ2n) is 2.85. The molecule has 15 heavy (non-hydrogen) atoms. The molecule has 80 valence electrons. The molecule has 0 amide bonds. The van der Waals surface area contributed by atoms with Gasteiger partial charge < -0.3 is 10.8 Å². The fourth-order valence-corrected chi connectivity index (χ4v) is 1.47. The van der Waals surface area contributed by atoms with Gasteiger partial charge in [0, 0.05) is 10.8 Å². The molecule has 3 nitrogen and oxygen atoms in total. The number of halogens is 1. The number of thiol groups is 1. The quantitative estimate of drug-likeness (QED) is 0.565. The zero-order valence-electron chi connectivity index (χ0n) is 7.77. The van der Waals surface area contributed by atoms with Gasteiger partial charge >= 0.3 is 5.97 Å². The lowest BCUT2D eigenvalue weighted by Crippen LogP contribution is -2.04. The maximum Gasteiger partial charge on any atom is 0.337 e. The lowest BCUT2D eigenvalue weighted by molar-refractivity contribution is 0.0698. The first kappa shape index (κ1) is 11.9. The zero-order chi connectivity index (χ0) is 11.4. The van der Waals surface area contributed by atoms with E-state index in [-0.39, 0.29) is 11.3 Å². The van der Waals surface area contributed by atoms with Crippen LogP contribution in [0.2, 0.25) is 5.02 Å². The number of carboxylic acids is 1. The normalized spacial score (nSPS) is 10.8. The molecule has 0 heterocycles. The largest absolute Gasteiger partial charge is 0.478 e. The Labute approximate surface area is 98.0 Å². The lowest BCUT2D eigenvalue weighted by Gasteiger charge is -2.05. The molecule has 0 saturated carbocycles. The van der Waals surface area contributed by atoms with Crippen molar-refractivity contribution in [1.29, 1.82) is 0 Å². The third kappa shape index (κ3) is 2.91. The highest BCUT2D eigenvalue weighted by Gasteiger charge is 2.11. The van der Waals surface area contributed by atoms with Crippen LogP contribution in [0.5, 0.6) is 0 Å². The summed E-state index contributed by atoms with van der Waals surface area (Å²) in [4.78, 5) is 10.8. The average Bonchev–Trinajstić information content (AvgIpc) is 2.18. The number of aromatic carboxylic acids is 1. The van der Waals surface area contributed by atoms with Gasteiger partial charge in [-0.25, -0.2) is 4.79 Å². The van der Waals surface area contributed by atoms with Crippen molar-refractivity contribution in [3.8, 4) is 0 Å². The van der Waals surface area contributed by atoms with Crippen LogP contribution >= 0.6 is 24.2 Å². The summed E-state index contributed by atoms with van der Waals surface area (Å²) in [6, 6.07) is 2.94. The van der Waals surface area contributed by atoms with E-state index in [2.05, 4.69) is 12.6 Å². The van der Waals surface area contributed by atoms with Crippen molar-refractivity contribution in [2.75, 3.05) is 11.5 Å². The minimum absolute atomic E-state index is 0.0151. The summed E-state index contributed by atoms with van der Waals surface area (Å²) < 4.78 is 0. The van der Waals surface area contributed by atoms with Crippen LogP contribution in [0, 0.1) is 0 Å². The van der Waals surface area contributed by atoms with Gasteiger partial charge in [-0.3, -0.25) is 0 Å². The summed E-state index contributed by atoms with van der Waals surface area (Å²) in [6.07, 6.45) is 3.46. The Morgan fingerprint density at radius 2 is 2.27 bits per heavy atom. The highest BCUT2D eigenvalue weighted by molar-refractivity contribution is 7.80. The fraction of sp³-hybridized carbons (Fsp3) is 0.100. The molecule has 0 bridgehead atoms. The van der Waals surface area contributed by atoms with Crippen LogP contribution in [0.3, 0.4) is 0 Å². The van der Waals surface area contributed by atoms with E-state index in [1.165, 1.54) is 6.07 Å². The molecule has 0 aromatic heterocycles. The SMILES string of the molecule is Nc1c(C=CCS)cc(Cl)cc1C(=O)O. The molecule has 0 fully saturated rings. The number of rotatable bonds is 3. The van der Waals surface area contributed by atoms with Crippen molar-refractivity contribution >= 4 is 42.0 Å². The van der Waals surface area contributed by atoms with Gasteiger partial charge in [0.25, 0.3) is 0 Å². The molecule has 0 saturated heterocycles. The first-order valence-electron chi connectivity index (χ1n) is 4.16. The van der Waals surface area contributed by atoms with Crippen LogP contribution in [0.4, 0.5) is 5.69 Å². The van der Waals surface area contributed by atoms with Crippen molar-refractivity contribution < 1.29 is 9.90 Å². The standard InChI is InChI=1S/C10H10ClNO2S/c11-7-4-6(2-1-3-15)9(12)8(5-7)10(13)14/h1-2,4-5,15H,3,12H2,(H,13,14). The second kappa shape index (κ2) is 5.09. The summed E-state index contributed by atoms with van der Waals surface area (Å²) in [5.41, 5.74) is 6.50. The van der Waals surface area contributed by atoms with Gasteiger partial charge in [-0.2, -0.15) is 12.6 Å². The Balaban J connectivity index is 3.28. The maximum absolute atomic E-state index is 10.8. The van der Waals surface area contributed by atoms with Crippen molar-refractivity contribution in [2.24, 2.45) is 0 Å². The Morgan fingerprint density at radius 3 is 2.80 bits per heavy atom. The van der Waals surface area contributed by atoms with Crippen LogP contribution in [-0.4, -0.2) is 16.8 Å². The Bertz CT molecular complexity index is 418. The molecule has 0 aliphatic heterocycles. The van der Waals surface area contributed by atoms with Crippen molar-refractivity contribution in [2.45, 2.75) is 0 Å². The highest BCUT2D eigenvalue weighted by atomic mass is 35.5. The van der Waals surface area contributed by atoms with Crippen molar-refractivity contribution in [1.82, 2.24) is 0 Å². The number of benzene rings is 1. The number of carboxylic acid groups (broad SMARTS) is 1. The van der Waals surface area contributed by atoms with E-state index in [0.717, 1.165) is 0 Å². The highest BCUT2D eigenvalue weighted by Crippen LogP contribution is 2.24. The van der Waals surface area contributed by atoms with Gasteiger partial charge in [-0.05, 0) is 17.7 Å². The van der Waals surface area contributed by atoms with E-state index >= 15 is 0 Å². The van der Waals surface area contributed by atoms with E-state index in [9.17, 15) is 4.79 Å². The molecule has 0 aliphatic rings. The zero-order valence-corrected chi connectivity index (χ0v) is 9.42. The van der Waals surface area contributed by atoms with Gasteiger partial charge in [0.15, 0.2) is 0 Å². The van der Waals surface area contributed by atoms with Crippen LogP contribution < -0.4 is 5.73 Å². The van der Waals surface area contributed by atoms with E-state index in [1.54, 1.807) is 18.2 Å². The first-order chi connectivity index (χ1) is 7.06. The molecular formula is C10H10ClNO2S. The third-order valence-electron chi connectivity index (χ3n) is 1.81.